The fraction of sp³-hybridized carbons (Fsp3) is 0.526. The first-order chi connectivity index (χ1) is 13.2. The van der Waals surface area contributed by atoms with E-state index in [4.69, 9.17) is 5.73 Å². The van der Waals surface area contributed by atoms with Gasteiger partial charge in [-0.25, -0.2) is 13.8 Å². The largest absolute Gasteiger partial charge is 0.477 e. The molecule has 9 heteroatoms. The second kappa shape index (κ2) is 5.50. The maximum absolute atomic E-state index is 15.1. The van der Waals surface area contributed by atoms with Gasteiger partial charge < -0.3 is 10.8 Å². The smallest absolute Gasteiger partial charge is 0.342 e. The minimum atomic E-state index is -1.41. The van der Waals surface area contributed by atoms with Crippen molar-refractivity contribution in [2.45, 2.75) is 37.5 Å². The number of aromatic nitrogens is 2. The lowest BCUT2D eigenvalue weighted by Gasteiger charge is -2.19. The van der Waals surface area contributed by atoms with Crippen molar-refractivity contribution in [3.63, 3.8) is 0 Å². The summed E-state index contributed by atoms with van der Waals surface area (Å²) in [6, 6.07) is 0.480. The van der Waals surface area contributed by atoms with E-state index in [2.05, 4.69) is 0 Å². The number of pyridine rings is 2. The van der Waals surface area contributed by atoms with Gasteiger partial charge >= 0.3 is 5.97 Å². The van der Waals surface area contributed by atoms with Crippen LogP contribution in [0.15, 0.2) is 17.1 Å². The first-order valence-corrected chi connectivity index (χ1v) is 9.39. The van der Waals surface area contributed by atoms with E-state index in [0.717, 1.165) is 18.9 Å². The van der Waals surface area contributed by atoms with Crippen molar-refractivity contribution in [3.05, 3.63) is 33.9 Å². The summed E-state index contributed by atoms with van der Waals surface area (Å²) < 4.78 is 31.9. The quantitative estimate of drug-likeness (QED) is 0.758. The van der Waals surface area contributed by atoms with Crippen molar-refractivity contribution >= 4 is 22.8 Å². The third-order valence-corrected chi connectivity index (χ3v) is 6.53. The van der Waals surface area contributed by atoms with E-state index in [9.17, 15) is 19.1 Å². The highest BCUT2D eigenvalue weighted by atomic mass is 19.1. The van der Waals surface area contributed by atoms with Gasteiger partial charge in [-0.2, -0.15) is 4.39 Å². The number of rotatable bonds is 3. The number of hydrogen-bond acceptors (Lipinski definition) is 4. The molecule has 2 aromatic heterocycles. The van der Waals surface area contributed by atoms with Crippen LogP contribution in [0.5, 0.6) is 0 Å². The molecule has 148 valence electrons. The normalized spacial score (nSPS) is 27.6. The second-order valence-electron chi connectivity index (χ2n) is 8.36. The molecule has 3 atom stereocenters. The van der Waals surface area contributed by atoms with Crippen molar-refractivity contribution in [3.8, 4) is 0 Å². The van der Waals surface area contributed by atoms with E-state index in [1.807, 2.05) is 4.90 Å². The average Bonchev–Trinajstić information content (AvgIpc) is 3.51. The Labute approximate surface area is 159 Å². The Bertz CT molecular complexity index is 1100. The van der Waals surface area contributed by atoms with Gasteiger partial charge in [0.2, 0.25) is 11.1 Å². The molecule has 1 spiro atoms. The molecular formula is C19H21F2N4O3+. The molecule has 2 aromatic rings. The molecule has 5 rings (SSSR count). The van der Waals surface area contributed by atoms with Gasteiger partial charge in [0.25, 0.3) is 5.82 Å². The van der Waals surface area contributed by atoms with Crippen LogP contribution in [0.4, 0.5) is 14.6 Å². The number of nitrogens with two attached hydrogens (primary N) is 1. The van der Waals surface area contributed by atoms with Crippen LogP contribution in [0.1, 0.15) is 35.7 Å². The van der Waals surface area contributed by atoms with Crippen LogP contribution < -0.4 is 20.6 Å². The number of hydrogen-bond donors (Lipinski definition) is 2. The molecule has 0 amide bonds. The van der Waals surface area contributed by atoms with Crippen LogP contribution in [-0.2, 0) is 7.05 Å². The molecule has 3 N–H and O–H groups in total. The number of nitrogens with zero attached hydrogens (tertiary/aromatic N) is 3. The molecular weight excluding hydrogens is 370 g/mol. The number of alkyl halides is 1. The molecule has 0 bridgehead atoms. The van der Waals surface area contributed by atoms with E-state index in [1.165, 1.54) is 15.3 Å². The summed E-state index contributed by atoms with van der Waals surface area (Å²) in [4.78, 5) is 26.0. The highest BCUT2D eigenvalue weighted by Crippen LogP contribution is 2.52. The van der Waals surface area contributed by atoms with E-state index in [-0.39, 0.29) is 23.3 Å². The molecule has 28 heavy (non-hydrogen) atoms. The maximum Gasteiger partial charge on any atom is 0.342 e. The molecule has 0 radical (unpaired) electrons. The predicted octanol–water partition coefficient (Wildman–Crippen LogP) is 0.874. The van der Waals surface area contributed by atoms with Crippen LogP contribution in [0.2, 0.25) is 0 Å². The zero-order valence-corrected chi connectivity index (χ0v) is 15.4. The lowest BCUT2D eigenvalue weighted by molar-refractivity contribution is -0.636. The summed E-state index contributed by atoms with van der Waals surface area (Å²) in [5, 5.41) is 9.28. The third kappa shape index (κ3) is 2.32. The van der Waals surface area contributed by atoms with E-state index in [0.29, 0.717) is 24.6 Å². The van der Waals surface area contributed by atoms with Crippen molar-refractivity contribution in [2.75, 3.05) is 18.0 Å². The Morgan fingerprint density at radius 1 is 1.43 bits per heavy atom. The molecule has 0 unspecified atom stereocenters. The monoisotopic (exact) mass is 391 g/mol. The highest BCUT2D eigenvalue weighted by molar-refractivity contribution is 5.91. The van der Waals surface area contributed by atoms with Crippen LogP contribution >= 0.6 is 0 Å². The van der Waals surface area contributed by atoms with Gasteiger partial charge in [0.1, 0.15) is 17.8 Å². The van der Waals surface area contributed by atoms with E-state index < -0.39 is 35.0 Å². The Morgan fingerprint density at radius 3 is 2.64 bits per heavy atom. The lowest BCUT2D eigenvalue weighted by atomic mass is 10.0. The van der Waals surface area contributed by atoms with Crippen molar-refractivity contribution in [1.29, 1.82) is 0 Å². The Kier molecular flexibility index (Phi) is 3.44. The van der Waals surface area contributed by atoms with E-state index in [1.54, 1.807) is 7.05 Å². The fourth-order valence-electron chi connectivity index (χ4n) is 4.63. The van der Waals surface area contributed by atoms with Crippen LogP contribution in [0, 0.1) is 11.2 Å². The zero-order valence-electron chi connectivity index (χ0n) is 15.4. The maximum atomic E-state index is 15.1. The molecule has 2 saturated carbocycles. The SMILES string of the molecule is C[n+]1c(N2C[C@@H](N)C3(CC3)C2)c(F)cc2c(=O)c(C(=O)O)cn([C@@H]3C[C@@H]3F)c21. The Balaban J connectivity index is 1.75. The molecule has 1 saturated heterocycles. The summed E-state index contributed by atoms with van der Waals surface area (Å²) in [5.74, 6) is -1.73. The topological polar surface area (TPSA) is 92.4 Å². The van der Waals surface area contributed by atoms with Gasteiger partial charge in [0, 0.05) is 17.9 Å². The van der Waals surface area contributed by atoms with Gasteiger partial charge in [-0.1, -0.05) is 0 Å². The van der Waals surface area contributed by atoms with Crippen LogP contribution in [0.25, 0.3) is 11.0 Å². The molecule has 3 heterocycles. The first kappa shape index (κ1) is 17.5. The molecule has 0 aromatic carbocycles. The summed E-state index contributed by atoms with van der Waals surface area (Å²) in [6.07, 6.45) is 2.33. The number of aromatic carboxylic acids is 1. The number of carboxylic acids is 1. The second-order valence-corrected chi connectivity index (χ2v) is 8.36. The van der Waals surface area contributed by atoms with Crippen LogP contribution in [-0.4, -0.2) is 40.9 Å². The van der Waals surface area contributed by atoms with Crippen molar-refractivity contribution in [2.24, 2.45) is 18.2 Å². The minimum Gasteiger partial charge on any atom is -0.477 e. The van der Waals surface area contributed by atoms with Crippen LogP contribution in [0.3, 0.4) is 0 Å². The zero-order chi connectivity index (χ0) is 20.0. The fourth-order valence-corrected chi connectivity index (χ4v) is 4.63. The number of fused-ring (bicyclic) bond motifs is 1. The highest BCUT2D eigenvalue weighted by Gasteiger charge is 2.56. The minimum absolute atomic E-state index is 0.0295. The summed E-state index contributed by atoms with van der Waals surface area (Å²) in [7, 11) is 1.62. The molecule has 2 aliphatic carbocycles. The molecule has 3 aliphatic rings. The van der Waals surface area contributed by atoms with Crippen molar-refractivity contribution in [1.82, 2.24) is 4.57 Å². The molecule has 1 aliphatic heterocycles. The summed E-state index contributed by atoms with van der Waals surface area (Å²) in [5.41, 5.74) is 5.35. The number of carboxylic acid groups (broad SMARTS) is 1. The number of anilines is 1. The molecule has 3 fully saturated rings. The van der Waals surface area contributed by atoms with Gasteiger partial charge in [-0.3, -0.25) is 14.3 Å². The Hall–Kier alpha value is -2.55. The summed E-state index contributed by atoms with van der Waals surface area (Å²) >= 11 is 0. The average molecular weight is 391 g/mol. The van der Waals surface area contributed by atoms with Gasteiger partial charge in [0.05, 0.1) is 31.7 Å². The predicted molar refractivity (Wildman–Crippen MR) is 96.7 cm³/mol. The lowest BCUT2D eigenvalue weighted by Crippen LogP contribution is -2.43. The standard InChI is InChI=1S/C19H20F2N4O3/c1-23-16-9(15(26)10(18(27)28)6-25(16)13-5-11(13)20)4-12(21)17(23)24-7-14(22)19(8-24)2-3-19/h4,6,11,13-14H,2-3,5,7-8,22H2,1H3/p+1/t11-,13+,14+/m0/s1. The summed E-state index contributed by atoms with van der Waals surface area (Å²) in [6.45, 7) is 1.14. The van der Waals surface area contributed by atoms with Gasteiger partial charge in [-0.15, -0.1) is 0 Å². The number of carbonyl (C=O) groups is 1. The van der Waals surface area contributed by atoms with Crippen molar-refractivity contribution < 1.29 is 23.2 Å². The number of aryl methyl sites for hydroxylation is 1. The Morgan fingerprint density at radius 2 is 2.11 bits per heavy atom. The van der Waals surface area contributed by atoms with E-state index >= 15 is 4.39 Å². The number of halogens is 2. The molecule has 7 nitrogen and oxygen atoms in total. The first-order valence-electron chi connectivity index (χ1n) is 9.39. The van der Waals surface area contributed by atoms with Gasteiger partial charge in [-0.05, 0) is 18.9 Å². The van der Waals surface area contributed by atoms with Gasteiger partial charge in [0.15, 0.2) is 5.82 Å². The third-order valence-electron chi connectivity index (χ3n) is 6.53.